The molecule has 0 aliphatic rings. The molecule has 0 atom stereocenters. The molecule has 0 radical (unpaired) electrons. The van der Waals surface area contributed by atoms with E-state index in [0.717, 1.165) is 0 Å². The summed E-state index contributed by atoms with van der Waals surface area (Å²) in [5.74, 6) is -1.37. The Kier molecular flexibility index (Phi) is 4.90. The third kappa shape index (κ3) is 4.01. The minimum Gasteiger partial charge on any atom is -0.381 e. The van der Waals surface area contributed by atoms with Crippen LogP contribution in [0.5, 0.6) is 0 Å². The number of hydrogen-bond donors (Lipinski definition) is 2. The van der Waals surface area contributed by atoms with Crippen molar-refractivity contribution in [3.8, 4) is 0 Å². The first-order valence-corrected chi connectivity index (χ1v) is 7.00. The van der Waals surface area contributed by atoms with Crippen LogP contribution in [0, 0.1) is 11.6 Å². The van der Waals surface area contributed by atoms with Crippen molar-refractivity contribution in [1.82, 2.24) is 0 Å². The Morgan fingerprint density at radius 1 is 1.10 bits per heavy atom. The first kappa shape index (κ1) is 15.4. The number of halogens is 3. The van der Waals surface area contributed by atoms with E-state index in [0.29, 0.717) is 11.4 Å². The van der Waals surface area contributed by atoms with Crippen molar-refractivity contribution in [1.29, 1.82) is 0 Å². The van der Waals surface area contributed by atoms with Crippen molar-refractivity contribution < 1.29 is 13.6 Å². The van der Waals surface area contributed by atoms with Gasteiger partial charge < -0.3 is 10.6 Å². The standard InChI is InChI=1S/C15H13BrF2N2O/c1-9(21)20-11-4-2-10(3-5-11)19-8-12-14(17)7-6-13(16)15(12)18/h2-7,19H,8H2,1H3,(H,20,21). The third-order valence-electron chi connectivity index (χ3n) is 2.81. The van der Waals surface area contributed by atoms with Crippen LogP contribution < -0.4 is 10.6 Å². The van der Waals surface area contributed by atoms with E-state index >= 15 is 0 Å². The number of nitrogens with one attached hydrogen (secondary N) is 2. The lowest BCUT2D eigenvalue weighted by Crippen LogP contribution is -2.07. The van der Waals surface area contributed by atoms with Gasteiger partial charge in [0.25, 0.3) is 0 Å². The molecule has 0 heterocycles. The largest absolute Gasteiger partial charge is 0.381 e. The van der Waals surface area contributed by atoms with Gasteiger partial charge >= 0.3 is 0 Å². The Balaban J connectivity index is 2.07. The zero-order valence-corrected chi connectivity index (χ0v) is 12.8. The van der Waals surface area contributed by atoms with Gasteiger partial charge in [0.2, 0.25) is 5.91 Å². The lowest BCUT2D eigenvalue weighted by Gasteiger charge is -2.10. The molecule has 0 aliphatic carbocycles. The molecule has 0 aliphatic heterocycles. The fourth-order valence-corrected chi connectivity index (χ4v) is 2.17. The second-order valence-electron chi connectivity index (χ2n) is 4.43. The normalized spacial score (nSPS) is 10.3. The summed E-state index contributed by atoms with van der Waals surface area (Å²) >= 11 is 3.03. The summed E-state index contributed by atoms with van der Waals surface area (Å²) in [6, 6.07) is 9.40. The molecule has 2 N–H and O–H groups in total. The molecule has 0 spiro atoms. The number of rotatable bonds is 4. The van der Waals surface area contributed by atoms with Crippen LogP contribution in [0.2, 0.25) is 0 Å². The van der Waals surface area contributed by atoms with Gasteiger partial charge in [-0.1, -0.05) is 0 Å². The summed E-state index contributed by atoms with van der Waals surface area (Å²) in [5, 5.41) is 5.58. The zero-order valence-electron chi connectivity index (χ0n) is 11.2. The molecular weight excluding hydrogens is 342 g/mol. The Morgan fingerprint density at radius 2 is 1.71 bits per heavy atom. The Bertz CT molecular complexity index is 659. The third-order valence-corrected chi connectivity index (χ3v) is 3.43. The minimum absolute atomic E-state index is 0.0244. The molecule has 110 valence electrons. The van der Waals surface area contributed by atoms with Gasteiger partial charge in [-0.2, -0.15) is 0 Å². The van der Waals surface area contributed by atoms with E-state index in [1.54, 1.807) is 24.3 Å². The van der Waals surface area contributed by atoms with Crippen LogP contribution in [0.3, 0.4) is 0 Å². The van der Waals surface area contributed by atoms with Gasteiger partial charge in [-0.25, -0.2) is 8.78 Å². The molecule has 2 aromatic rings. The van der Waals surface area contributed by atoms with Gasteiger partial charge in [0, 0.05) is 30.4 Å². The molecule has 3 nitrogen and oxygen atoms in total. The number of carbonyl (C=O) groups excluding carboxylic acids is 1. The van der Waals surface area contributed by atoms with Crippen molar-refractivity contribution in [3.63, 3.8) is 0 Å². The van der Waals surface area contributed by atoms with Crippen molar-refractivity contribution in [2.75, 3.05) is 10.6 Å². The van der Waals surface area contributed by atoms with Gasteiger partial charge in [-0.3, -0.25) is 4.79 Å². The monoisotopic (exact) mass is 354 g/mol. The van der Waals surface area contributed by atoms with Gasteiger partial charge in [0.05, 0.1) is 4.47 Å². The van der Waals surface area contributed by atoms with Crippen molar-refractivity contribution in [2.45, 2.75) is 13.5 Å². The van der Waals surface area contributed by atoms with E-state index in [-0.39, 0.29) is 22.5 Å². The topological polar surface area (TPSA) is 41.1 Å². The van der Waals surface area contributed by atoms with E-state index in [9.17, 15) is 13.6 Å². The van der Waals surface area contributed by atoms with Gasteiger partial charge in [-0.15, -0.1) is 0 Å². The maximum Gasteiger partial charge on any atom is 0.221 e. The van der Waals surface area contributed by atoms with E-state index in [1.165, 1.54) is 19.1 Å². The predicted molar refractivity (Wildman–Crippen MR) is 82.1 cm³/mol. The Morgan fingerprint density at radius 3 is 2.33 bits per heavy atom. The van der Waals surface area contributed by atoms with E-state index in [1.807, 2.05) is 0 Å². The van der Waals surface area contributed by atoms with E-state index in [2.05, 4.69) is 26.6 Å². The summed E-state index contributed by atoms with van der Waals surface area (Å²) in [6.45, 7) is 1.45. The van der Waals surface area contributed by atoms with Gasteiger partial charge in [0.15, 0.2) is 0 Å². The highest BCUT2D eigenvalue weighted by molar-refractivity contribution is 9.10. The molecule has 0 bridgehead atoms. The lowest BCUT2D eigenvalue weighted by atomic mass is 10.2. The Labute approximate surface area is 129 Å². The molecule has 0 unspecified atom stereocenters. The Hall–Kier alpha value is -1.95. The maximum absolute atomic E-state index is 13.8. The highest BCUT2D eigenvalue weighted by atomic mass is 79.9. The molecule has 2 aromatic carbocycles. The molecule has 0 saturated heterocycles. The SMILES string of the molecule is CC(=O)Nc1ccc(NCc2c(F)ccc(Br)c2F)cc1. The van der Waals surface area contributed by atoms with Crippen LogP contribution in [-0.2, 0) is 11.3 Å². The van der Waals surface area contributed by atoms with Gasteiger partial charge in [0.1, 0.15) is 11.6 Å². The first-order valence-electron chi connectivity index (χ1n) is 6.21. The first-order chi connectivity index (χ1) is 9.97. The maximum atomic E-state index is 13.8. The summed E-state index contributed by atoms with van der Waals surface area (Å²) in [6.07, 6.45) is 0. The molecular formula is C15H13BrF2N2O. The fourth-order valence-electron chi connectivity index (χ4n) is 1.80. The highest BCUT2D eigenvalue weighted by Gasteiger charge is 2.11. The lowest BCUT2D eigenvalue weighted by molar-refractivity contribution is -0.114. The minimum atomic E-state index is -0.614. The highest BCUT2D eigenvalue weighted by Crippen LogP contribution is 2.23. The molecule has 0 aromatic heterocycles. The fraction of sp³-hybridized carbons (Fsp3) is 0.133. The second-order valence-corrected chi connectivity index (χ2v) is 5.29. The number of benzene rings is 2. The predicted octanol–water partition coefficient (Wildman–Crippen LogP) is 4.30. The molecule has 2 rings (SSSR count). The second kappa shape index (κ2) is 6.67. The average Bonchev–Trinajstić information content (AvgIpc) is 2.44. The average molecular weight is 355 g/mol. The van der Waals surface area contributed by atoms with Crippen LogP contribution in [0.25, 0.3) is 0 Å². The van der Waals surface area contributed by atoms with Crippen LogP contribution in [0.15, 0.2) is 40.9 Å². The van der Waals surface area contributed by atoms with Crippen LogP contribution >= 0.6 is 15.9 Å². The molecule has 0 fully saturated rings. The summed E-state index contributed by atoms with van der Waals surface area (Å²) < 4.78 is 27.6. The van der Waals surface area contributed by atoms with Crippen LogP contribution in [0.4, 0.5) is 20.2 Å². The van der Waals surface area contributed by atoms with Crippen molar-refractivity contribution >= 4 is 33.2 Å². The molecule has 6 heteroatoms. The summed E-state index contributed by atoms with van der Waals surface area (Å²) in [5.41, 5.74) is 1.33. The molecule has 21 heavy (non-hydrogen) atoms. The molecule has 1 amide bonds. The molecule has 0 saturated carbocycles. The number of amides is 1. The summed E-state index contributed by atoms with van der Waals surface area (Å²) in [7, 11) is 0. The van der Waals surface area contributed by atoms with Crippen LogP contribution in [0.1, 0.15) is 12.5 Å². The smallest absolute Gasteiger partial charge is 0.221 e. The number of carbonyl (C=O) groups is 1. The number of hydrogen-bond acceptors (Lipinski definition) is 2. The summed E-state index contributed by atoms with van der Waals surface area (Å²) in [4.78, 5) is 10.9. The van der Waals surface area contributed by atoms with E-state index < -0.39 is 11.6 Å². The van der Waals surface area contributed by atoms with Crippen molar-refractivity contribution in [2.24, 2.45) is 0 Å². The van der Waals surface area contributed by atoms with E-state index in [4.69, 9.17) is 0 Å². The quantitative estimate of drug-likeness (QED) is 0.803. The van der Waals surface area contributed by atoms with Gasteiger partial charge in [-0.05, 0) is 52.3 Å². The van der Waals surface area contributed by atoms with Crippen molar-refractivity contribution in [3.05, 3.63) is 58.1 Å². The van der Waals surface area contributed by atoms with Crippen LogP contribution in [-0.4, -0.2) is 5.91 Å². The zero-order chi connectivity index (χ0) is 15.4. The number of anilines is 2.